The van der Waals surface area contributed by atoms with Gasteiger partial charge >= 0.3 is 0 Å². The van der Waals surface area contributed by atoms with Crippen molar-refractivity contribution in [3.05, 3.63) is 106 Å². The molecular formula is C31H33FN4O4S. The van der Waals surface area contributed by atoms with Crippen molar-refractivity contribution in [1.82, 2.24) is 14.9 Å². The van der Waals surface area contributed by atoms with E-state index in [0.717, 1.165) is 29.8 Å². The SMILES string of the molecule is Cc1noc(C)c1S(=O)(=O)N(CCc1ccccc1O)C[C@H]1CCC2=C1[C@@H](C)C1=CNN(c3ccc(F)cc3)C1=C2. The Morgan fingerprint density at radius 3 is 2.63 bits per heavy atom. The molecule has 0 bridgehead atoms. The van der Waals surface area contributed by atoms with Crippen molar-refractivity contribution in [2.45, 2.75) is 44.9 Å². The third-order valence-electron chi connectivity index (χ3n) is 8.40. The average Bonchev–Trinajstić information content (AvgIpc) is 3.65. The van der Waals surface area contributed by atoms with Crippen LogP contribution in [-0.2, 0) is 16.4 Å². The summed E-state index contributed by atoms with van der Waals surface area (Å²) in [6.45, 7) is 5.95. The van der Waals surface area contributed by atoms with Crippen molar-refractivity contribution >= 4 is 15.7 Å². The second-order valence-electron chi connectivity index (χ2n) is 10.9. The quantitative estimate of drug-likeness (QED) is 0.364. The second kappa shape index (κ2) is 10.5. The number of para-hydroxylation sites is 1. The minimum atomic E-state index is -3.92. The summed E-state index contributed by atoms with van der Waals surface area (Å²) in [6.07, 6.45) is 6.21. The van der Waals surface area contributed by atoms with Crippen LogP contribution < -0.4 is 10.4 Å². The lowest BCUT2D eigenvalue weighted by atomic mass is 9.80. The number of nitrogens with zero attached hydrogens (tertiary/aromatic N) is 3. The van der Waals surface area contributed by atoms with Gasteiger partial charge in [0, 0.05) is 30.8 Å². The Kier molecular flexibility index (Phi) is 6.99. The van der Waals surface area contributed by atoms with Crippen LogP contribution in [0.5, 0.6) is 5.75 Å². The predicted octanol–water partition coefficient (Wildman–Crippen LogP) is 5.52. The van der Waals surface area contributed by atoms with Crippen LogP contribution in [-0.4, -0.2) is 36.1 Å². The summed E-state index contributed by atoms with van der Waals surface area (Å²) in [6, 6.07) is 13.4. The van der Waals surface area contributed by atoms with E-state index in [1.807, 2.05) is 23.3 Å². The number of phenolic OH excluding ortho intramolecular Hbond substituents is 1. The van der Waals surface area contributed by atoms with Gasteiger partial charge in [0.2, 0.25) is 10.0 Å². The first-order chi connectivity index (χ1) is 19.6. The number of benzene rings is 2. The molecule has 0 amide bonds. The highest BCUT2D eigenvalue weighted by atomic mass is 32.2. The summed E-state index contributed by atoms with van der Waals surface area (Å²) >= 11 is 0. The summed E-state index contributed by atoms with van der Waals surface area (Å²) in [5.41, 5.74) is 9.82. The van der Waals surface area contributed by atoms with Gasteiger partial charge in [-0.3, -0.25) is 5.01 Å². The molecule has 1 aromatic heterocycles. The molecular weight excluding hydrogens is 543 g/mol. The predicted molar refractivity (Wildman–Crippen MR) is 154 cm³/mol. The zero-order chi connectivity index (χ0) is 28.9. The van der Waals surface area contributed by atoms with Crippen LogP contribution in [0, 0.1) is 31.5 Å². The number of fused-ring (bicyclic) bond motifs is 1. The number of nitrogens with one attached hydrogen (secondary N) is 1. The highest BCUT2D eigenvalue weighted by Gasteiger charge is 2.40. The molecule has 0 saturated carbocycles. The minimum Gasteiger partial charge on any atom is -0.508 e. The van der Waals surface area contributed by atoms with Crippen LogP contribution in [0.15, 0.2) is 92.6 Å². The van der Waals surface area contributed by atoms with Crippen LogP contribution in [0.3, 0.4) is 0 Å². The molecule has 0 saturated heterocycles. The van der Waals surface area contributed by atoms with Gasteiger partial charge in [0.05, 0.1) is 11.4 Å². The number of rotatable bonds is 8. The van der Waals surface area contributed by atoms with Gasteiger partial charge < -0.3 is 15.1 Å². The number of aryl methyl sites for hydroxylation is 2. The minimum absolute atomic E-state index is 0.0261. The van der Waals surface area contributed by atoms with E-state index in [9.17, 15) is 17.9 Å². The Hall–Kier alpha value is -3.89. The number of halogens is 1. The lowest BCUT2D eigenvalue weighted by Crippen LogP contribution is -2.38. The third kappa shape index (κ3) is 4.85. The van der Waals surface area contributed by atoms with Gasteiger partial charge in [-0.05, 0) is 86.6 Å². The van der Waals surface area contributed by atoms with Crippen LogP contribution >= 0.6 is 0 Å². The molecule has 0 spiro atoms. The lowest BCUT2D eigenvalue weighted by Gasteiger charge is -2.32. The van der Waals surface area contributed by atoms with Crippen molar-refractivity contribution in [3.63, 3.8) is 0 Å². The van der Waals surface area contributed by atoms with E-state index in [1.54, 1.807) is 38.1 Å². The zero-order valence-corrected chi connectivity index (χ0v) is 24.1. The highest BCUT2D eigenvalue weighted by molar-refractivity contribution is 7.89. The molecule has 2 aromatic carbocycles. The number of phenols is 1. The van der Waals surface area contributed by atoms with Crippen LogP contribution in [0.2, 0.25) is 0 Å². The maximum absolute atomic E-state index is 14.1. The molecule has 214 valence electrons. The number of aromatic hydroxyl groups is 1. The first-order valence-corrected chi connectivity index (χ1v) is 15.3. The maximum atomic E-state index is 14.1. The van der Waals surface area contributed by atoms with E-state index in [2.05, 4.69) is 23.6 Å². The van der Waals surface area contributed by atoms with Gasteiger partial charge in [0.15, 0.2) is 5.76 Å². The molecule has 2 N–H and O–H groups in total. The summed E-state index contributed by atoms with van der Waals surface area (Å²) in [5.74, 6) is 0.241. The molecule has 6 rings (SSSR count). The molecule has 0 fully saturated rings. The molecule has 10 heteroatoms. The van der Waals surface area contributed by atoms with E-state index in [1.165, 1.54) is 27.6 Å². The Morgan fingerprint density at radius 1 is 1.17 bits per heavy atom. The summed E-state index contributed by atoms with van der Waals surface area (Å²) in [5, 5.41) is 16.2. The van der Waals surface area contributed by atoms with E-state index in [0.29, 0.717) is 24.2 Å². The van der Waals surface area contributed by atoms with Crippen molar-refractivity contribution in [3.8, 4) is 5.75 Å². The number of hydrogen-bond acceptors (Lipinski definition) is 7. The number of anilines is 1. The Bertz CT molecular complexity index is 1670. The van der Waals surface area contributed by atoms with Crippen molar-refractivity contribution < 1.29 is 22.4 Å². The molecule has 2 heterocycles. The van der Waals surface area contributed by atoms with E-state index < -0.39 is 10.0 Å². The monoisotopic (exact) mass is 576 g/mol. The number of sulfonamides is 1. The van der Waals surface area contributed by atoms with Crippen molar-refractivity contribution in [1.29, 1.82) is 0 Å². The number of aromatic nitrogens is 1. The van der Waals surface area contributed by atoms with Crippen molar-refractivity contribution in [2.24, 2.45) is 11.8 Å². The summed E-state index contributed by atoms with van der Waals surface area (Å²) < 4.78 is 48.4. The van der Waals surface area contributed by atoms with E-state index in [-0.39, 0.29) is 40.6 Å². The molecule has 41 heavy (non-hydrogen) atoms. The van der Waals surface area contributed by atoms with E-state index in [4.69, 9.17) is 4.52 Å². The van der Waals surface area contributed by atoms with Crippen LogP contribution in [0.4, 0.5) is 10.1 Å². The molecule has 3 aliphatic rings. The fourth-order valence-electron chi connectivity index (χ4n) is 6.40. The molecule has 0 radical (unpaired) electrons. The Morgan fingerprint density at radius 2 is 1.93 bits per heavy atom. The zero-order valence-electron chi connectivity index (χ0n) is 23.3. The third-order valence-corrected chi connectivity index (χ3v) is 10.5. The number of allylic oxidation sites excluding steroid dienone is 3. The van der Waals surface area contributed by atoms with Gasteiger partial charge in [-0.25, -0.2) is 12.8 Å². The van der Waals surface area contributed by atoms with Gasteiger partial charge in [-0.15, -0.1) is 0 Å². The topological polar surface area (TPSA) is 98.9 Å². The average molecular weight is 577 g/mol. The number of hydrogen-bond donors (Lipinski definition) is 2. The molecule has 2 atom stereocenters. The smallest absolute Gasteiger partial charge is 0.248 e. The van der Waals surface area contributed by atoms with Gasteiger partial charge in [-0.1, -0.05) is 35.9 Å². The fourth-order valence-corrected chi connectivity index (χ4v) is 8.18. The Balaban J connectivity index is 1.31. The first-order valence-electron chi connectivity index (χ1n) is 13.8. The summed E-state index contributed by atoms with van der Waals surface area (Å²) in [7, 11) is -3.92. The van der Waals surface area contributed by atoms with Gasteiger partial charge in [0.25, 0.3) is 0 Å². The Labute approximate surface area is 239 Å². The van der Waals surface area contributed by atoms with Crippen molar-refractivity contribution in [2.75, 3.05) is 18.1 Å². The van der Waals surface area contributed by atoms with E-state index >= 15 is 0 Å². The van der Waals surface area contributed by atoms with Gasteiger partial charge in [0.1, 0.15) is 22.2 Å². The fraction of sp³-hybridized carbons (Fsp3) is 0.323. The molecule has 8 nitrogen and oxygen atoms in total. The summed E-state index contributed by atoms with van der Waals surface area (Å²) in [4.78, 5) is 0.110. The normalized spacial score (nSPS) is 20.2. The standard InChI is InChI=1S/C31H33FN4O4S/c1-19-27-17-33-36(26-12-10-25(32)11-13-26)28(27)16-23-8-9-24(30(19)23)18-35(15-14-22-6-4-5-7-29(22)37)41(38,39)31-20(2)34-40-21(31)3/h4-7,10-13,16-17,19,24,33,37H,8-9,14-15,18H2,1-3H3/t19-,24+/m0/s1. The first kappa shape index (κ1) is 27.3. The maximum Gasteiger partial charge on any atom is 0.248 e. The number of hydrazine groups is 1. The van der Waals surface area contributed by atoms with Crippen LogP contribution in [0.1, 0.15) is 36.8 Å². The molecule has 1 aliphatic heterocycles. The van der Waals surface area contributed by atoms with Crippen LogP contribution in [0.25, 0.3) is 0 Å². The molecule has 0 unspecified atom stereocenters. The van der Waals surface area contributed by atoms with Gasteiger partial charge in [-0.2, -0.15) is 4.31 Å². The highest BCUT2D eigenvalue weighted by Crippen LogP contribution is 2.48. The largest absolute Gasteiger partial charge is 0.508 e. The molecule has 3 aromatic rings. The molecule has 2 aliphatic carbocycles. The lowest BCUT2D eigenvalue weighted by molar-refractivity contribution is 0.354. The second-order valence-corrected chi connectivity index (χ2v) is 12.8.